The maximum Gasteiger partial charge on any atom is 0.407 e. The number of thiazole rings is 1. The van der Waals surface area contributed by atoms with Gasteiger partial charge in [-0.05, 0) is 34.1 Å². The van der Waals surface area contributed by atoms with Crippen molar-refractivity contribution < 1.29 is 19.4 Å². The zero-order valence-electron chi connectivity index (χ0n) is 13.7. The second kappa shape index (κ2) is 7.09. The molecule has 2 N–H and O–H groups in total. The van der Waals surface area contributed by atoms with Crippen LogP contribution in [0.15, 0.2) is 6.20 Å². The molecule has 0 aliphatic rings. The number of alkyl carbamates (subject to hydrolysis) is 1. The van der Waals surface area contributed by atoms with Crippen LogP contribution in [0.5, 0.6) is 0 Å². The van der Waals surface area contributed by atoms with Gasteiger partial charge in [0, 0.05) is 24.0 Å². The van der Waals surface area contributed by atoms with Crippen molar-refractivity contribution in [2.24, 2.45) is 5.41 Å². The number of nitrogens with zero attached hydrogens (tertiary/aromatic N) is 1. The van der Waals surface area contributed by atoms with Crippen LogP contribution in [-0.2, 0) is 16.0 Å². The van der Waals surface area contributed by atoms with Crippen LogP contribution in [-0.4, -0.2) is 34.3 Å². The summed E-state index contributed by atoms with van der Waals surface area (Å²) in [5.41, 5.74) is -1.67. The van der Waals surface area contributed by atoms with Crippen LogP contribution in [0.2, 0.25) is 0 Å². The molecule has 0 radical (unpaired) electrons. The lowest BCUT2D eigenvalue weighted by Crippen LogP contribution is -2.45. The fraction of sp³-hybridized carbons (Fsp3) is 0.667. The Kier molecular flexibility index (Phi) is 5.93. The normalized spacial score (nSPS) is 14.2. The highest BCUT2D eigenvalue weighted by atomic mass is 32.1. The third kappa shape index (κ3) is 5.29. The van der Waals surface area contributed by atoms with Gasteiger partial charge in [-0.3, -0.25) is 4.79 Å². The van der Waals surface area contributed by atoms with E-state index in [0.29, 0.717) is 12.8 Å². The van der Waals surface area contributed by atoms with Crippen molar-refractivity contribution in [3.05, 3.63) is 16.1 Å². The first-order valence-electron chi connectivity index (χ1n) is 7.19. The summed E-state index contributed by atoms with van der Waals surface area (Å²) in [7, 11) is 0. The minimum Gasteiger partial charge on any atom is -0.481 e. The van der Waals surface area contributed by atoms with Gasteiger partial charge in [0.05, 0.1) is 10.4 Å². The summed E-state index contributed by atoms with van der Waals surface area (Å²) >= 11 is 1.47. The molecule has 1 amide bonds. The summed E-state index contributed by atoms with van der Waals surface area (Å²) in [6, 6.07) is 0. The molecule has 1 rings (SSSR count). The van der Waals surface area contributed by atoms with E-state index in [-0.39, 0.29) is 6.54 Å². The number of carbonyl (C=O) groups is 2. The molecule has 0 aliphatic heterocycles. The standard InChI is InChI=1S/C15H24N2O4S/c1-6-15(12(18)19,7-11-8-16-10(2)22-11)9-17-13(20)21-14(3,4)5/h8H,6-7,9H2,1-5H3,(H,17,20)(H,18,19). The van der Waals surface area contributed by atoms with Gasteiger partial charge < -0.3 is 15.2 Å². The fourth-order valence-electron chi connectivity index (χ4n) is 1.99. The zero-order chi connectivity index (χ0) is 17.0. The molecule has 0 aliphatic carbocycles. The number of nitrogens with one attached hydrogen (secondary N) is 1. The van der Waals surface area contributed by atoms with Crippen molar-refractivity contribution in [3.63, 3.8) is 0 Å². The average Bonchev–Trinajstić information content (AvgIpc) is 2.77. The number of hydrogen-bond acceptors (Lipinski definition) is 5. The Morgan fingerprint density at radius 1 is 1.41 bits per heavy atom. The lowest BCUT2D eigenvalue weighted by Gasteiger charge is -2.28. The van der Waals surface area contributed by atoms with E-state index in [1.54, 1.807) is 33.9 Å². The summed E-state index contributed by atoms with van der Waals surface area (Å²) < 4.78 is 5.16. The van der Waals surface area contributed by atoms with Gasteiger partial charge in [0.2, 0.25) is 0 Å². The van der Waals surface area contributed by atoms with E-state index in [0.717, 1.165) is 9.88 Å². The molecule has 124 valence electrons. The maximum atomic E-state index is 11.8. The van der Waals surface area contributed by atoms with Crippen LogP contribution in [0.25, 0.3) is 0 Å². The molecule has 1 aromatic heterocycles. The molecule has 1 heterocycles. The van der Waals surface area contributed by atoms with E-state index in [1.807, 2.05) is 6.92 Å². The number of aryl methyl sites for hydroxylation is 1. The van der Waals surface area contributed by atoms with Crippen molar-refractivity contribution in [2.45, 2.75) is 53.1 Å². The summed E-state index contributed by atoms with van der Waals surface area (Å²) in [4.78, 5) is 28.6. The number of hydrogen-bond donors (Lipinski definition) is 2. The van der Waals surface area contributed by atoms with Crippen molar-refractivity contribution in [2.75, 3.05) is 6.54 Å². The molecular formula is C15H24N2O4S. The topological polar surface area (TPSA) is 88.5 Å². The number of carboxylic acid groups (broad SMARTS) is 1. The van der Waals surface area contributed by atoms with E-state index in [1.165, 1.54) is 11.3 Å². The minimum absolute atomic E-state index is 0.0185. The predicted octanol–water partition coefficient (Wildman–Crippen LogP) is 3.00. The molecule has 7 heteroatoms. The van der Waals surface area contributed by atoms with Crippen LogP contribution in [0.3, 0.4) is 0 Å². The molecule has 6 nitrogen and oxygen atoms in total. The van der Waals surface area contributed by atoms with E-state index in [4.69, 9.17) is 4.74 Å². The van der Waals surface area contributed by atoms with Crippen LogP contribution >= 0.6 is 11.3 Å². The Morgan fingerprint density at radius 2 is 2.05 bits per heavy atom. The van der Waals surface area contributed by atoms with Crippen molar-refractivity contribution >= 4 is 23.4 Å². The molecule has 1 unspecified atom stereocenters. The first-order valence-corrected chi connectivity index (χ1v) is 8.01. The largest absolute Gasteiger partial charge is 0.481 e. The molecule has 0 saturated heterocycles. The Hall–Kier alpha value is -1.63. The number of aliphatic carboxylic acids is 1. The van der Waals surface area contributed by atoms with Gasteiger partial charge in [-0.1, -0.05) is 6.92 Å². The second-order valence-electron chi connectivity index (χ2n) is 6.32. The number of carboxylic acids is 1. The molecule has 0 aromatic carbocycles. The number of aromatic nitrogens is 1. The molecular weight excluding hydrogens is 304 g/mol. The molecule has 0 fully saturated rings. The van der Waals surface area contributed by atoms with Crippen molar-refractivity contribution in [1.29, 1.82) is 0 Å². The summed E-state index contributed by atoms with van der Waals surface area (Å²) in [5.74, 6) is -0.933. The summed E-state index contributed by atoms with van der Waals surface area (Å²) in [5, 5.41) is 13.1. The molecule has 0 bridgehead atoms. The van der Waals surface area contributed by atoms with E-state index in [2.05, 4.69) is 10.3 Å². The fourth-order valence-corrected chi connectivity index (χ4v) is 2.93. The highest BCUT2D eigenvalue weighted by Crippen LogP contribution is 2.29. The highest BCUT2D eigenvalue weighted by Gasteiger charge is 2.38. The first kappa shape index (κ1) is 18.4. The Labute approximate surface area is 134 Å². The number of carbonyl (C=O) groups excluding carboxylic acids is 1. The zero-order valence-corrected chi connectivity index (χ0v) is 14.5. The molecule has 1 atom stereocenters. The van der Waals surface area contributed by atoms with Gasteiger partial charge in [-0.2, -0.15) is 0 Å². The molecule has 0 saturated carbocycles. The van der Waals surface area contributed by atoms with Crippen molar-refractivity contribution in [3.8, 4) is 0 Å². The minimum atomic E-state index is -1.06. The van der Waals surface area contributed by atoms with Gasteiger partial charge in [0.25, 0.3) is 0 Å². The average molecular weight is 328 g/mol. The third-order valence-electron chi connectivity index (χ3n) is 3.28. The van der Waals surface area contributed by atoms with Gasteiger partial charge in [0.1, 0.15) is 5.60 Å². The van der Waals surface area contributed by atoms with Crippen LogP contribution in [0, 0.1) is 12.3 Å². The van der Waals surface area contributed by atoms with E-state index in [9.17, 15) is 14.7 Å². The molecule has 22 heavy (non-hydrogen) atoms. The number of rotatable bonds is 6. The Balaban J connectivity index is 2.80. The number of ether oxygens (including phenoxy) is 1. The lowest BCUT2D eigenvalue weighted by molar-refractivity contribution is -0.148. The summed E-state index contributed by atoms with van der Waals surface area (Å²) in [6.07, 6.45) is 1.82. The van der Waals surface area contributed by atoms with Gasteiger partial charge in [-0.25, -0.2) is 9.78 Å². The van der Waals surface area contributed by atoms with E-state index < -0.39 is 23.1 Å². The van der Waals surface area contributed by atoms with Crippen LogP contribution in [0.4, 0.5) is 4.79 Å². The van der Waals surface area contributed by atoms with Gasteiger partial charge in [0.15, 0.2) is 0 Å². The third-order valence-corrected chi connectivity index (χ3v) is 4.19. The SMILES string of the molecule is CCC(CNC(=O)OC(C)(C)C)(Cc1cnc(C)s1)C(=O)O. The predicted molar refractivity (Wildman–Crippen MR) is 85.2 cm³/mol. The maximum absolute atomic E-state index is 11.8. The quantitative estimate of drug-likeness (QED) is 0.838. The molecule has 1 aromatic rings. The van der Waals surface area contributed by atoms with Crippen molar-refractivity contribution in [1.82, 2.24) is 10.3 Å². The van der Waals surface area contributed by atoms with Gasteiger partial charge >= 0.3 is 12.1 Å². The lowest BCUT2D eigenvalue weighted by atomic mass is 9.81. The second-order valence-corrected chi connectivity index (χ2v) is 7.64. The van der Waals surface area contributed by atoms with Gasteiger partial charge in [-0.15, -0.1) is 11.3 Å². The van der Waals surface area contributed by atoms with Crippen LogP contribution < -0.4 is 5.32 Å². The number of amides is 1. The Bertz CT molecular complexity index is 536. The smallest absolute Gasteiger partial charge is 0.407 e. The van der Waals surface area contributed by atoms with E-state index >= 15 is 0 Å². The monoisotopic (exact) mass is 328 g/mol. The Morgan fingerprint density at radius 3 is 2.45 bits per heavy atom. The first-order chi connectivity index (χ1) is 10.1. The molecule has 0 spiro atoms. The highest BCUT2D eigenvalue weighted by molar-refractivity contribution is 7.11. The summed E-state index contributed by atoms with van der Waals surface area (Å²) in [6.45, 7) is 8.98. The van der Waals surface area contributed by atoms with Crippen LogP contribution in [0.1, 0.15) is 44.0 Å².